The van der Waals surface area contributed by atoms with Crippen molar-refractivity contribution in [2.45, 2.75) is 20.3 Å². The highest BCUT2D eigenvalue weighted by molar-refractivity contribution is 5.88. The lowest BCUT2D eigenvalue weighted by Crippen LogP contribution is -2.26. The highest BCUT2D eigenvalue weighted by Gasteiger charge is 2.05. The van der Waals surface area contributed by atoms with Crippen molar-refractivity contribution in [2.24, 2.45) is 0 Å². The van der Waals surface area contributed by atoms with Gasteiger partial charge in [-0.15, -0.1) is 0 Å². The zero-order valence-electron chi connectivity index (χ0n) is 9.21. The second kappa shape index (κ2) is 7.79. The smallest absolute Gasteiger partial charge is 0.333 e. The third kappa shape index (κ3) is 6.49. The minimum Gasteiger partial charge on any atom is -0.460 e. The van der Waals surface area contributed by atoms with Gasteiger partial charge >= 0.3 is 5.97 Å². The van der Waals surface area contributed by atoms with Crippen molar-refractivity contribution in [3.8, 4) is 0 Å². The Morgan fingerprint density at radius 1 is 1.47 bits per heavy atom. The molecule has 84 valence electrons. The van der Waals surface area contributed by atoms with Crippen LogP contribution >= 0.6 is 0 Å². The molecule has 0 bridgehead atoms. The fraction of sp³-hybridized carbons (Fsp3) is 0.455. The van der Waals surface area contributed by atoms with E-state index in [0.717, 1.165) is 0 Å². The monoisotopic (exact) mass is 211 g/mol. The highest BCUT2D eigenvalue weighted by Crippen LogP contribution is 1.98. The van der Waals surface area contributed by atoms with Gasteiger partial charge in [0, 0.05) is 5.57 Å². The molecule has 0 aromatic heterocycles. The van der Waals surface area contributed by atoms with E-state index in [2.05, 4.69) is 11.9 Å². The van der Waals surface area contributed by atoms with Crippen LogP contribution in [0.4, 0.5) is 0 Å². The Kier molecular flexibility index (Phi) is 6.97. The Labute approximate surface area is 90.0 Å². The van der Waals surface area contributed by atoms with Crippen LogP contribution in [0.1, 0.15) is 20.3 Å². The molecule has 4 nitrogen and oxygen atoms in total. The minimum absolute atomic E-state index is 0.168. The predicted octanol–water partition coefficient (Wildman–Crippen LogP) is 1.19. The number of ether oxygens (including phenoxy) is 1. The van der Waals surface area contributed by atoms with Crippen LogP contribution in [-0.2, 0) is 14.3 Å². The predicted molar refractivity (Wildman–Crippen MR) is 58.2 cm³/mol. The van der Waals surface area contributed by atoms with Gasteiger partial charge in [-0.2, -0.15) is 0 Å². The van der Waals surface area contributed by atoms with Gasteiger partial charge in [0.05, 0.1) is 6.54 Å². The first kappa shape index (κ1) is 13.4. The summed E-state index contributed by atoms with van der Waals surface area (Å²) in [5, 5.41) is 2.56. The molecule has 0 heterocycles. The number of hydrogen-bond donors (Lipinski definition) is 1. The average Bonchev–Trinajstić information content (AvgIpc) is 2.23. The highest BCUT2D eigenvalue weighted by atomic mass is 16.5. The second-order valence-corrected chi connectivity index (χ2v) is 2.88. The molecule has 0 saturated carbocycles. The van der Waals surface area contributed by atoms with Crippen molar-refractivity contribution in [1.29, 1.82) is 0 Å². The molecule has 0 aliphatic carbocycles. The van der Waals surface area contributed by atoms with E-state index in [4.69, 9.17) is 4.74 Å². The summed E-state index contributed by atoms with van der Waals surface area (Å²) in [5.74, 6) is -0.597. The molecule has 15 heavy (non-hydrogen) atoms. The first-order valence-electron chi connectivity index (χ1n) is 4.87. The molecule has 1 amide bonds. The first-order chi connectivity index (χ1) is 7.11. The maximum atomic E-state index is 11.1. The molecular weight excluding hydrogens is 194 g/mol. The number of nitrogens with one attached hydrogen (secondary N) is 1. The maximum absolute atomic E-state index is 11.1. The van der Waals surface area contributed by atoms with Gasteiger partial charge in [0.1, 0.15) is 6.61 Å². The summed E-state index contributed by atoms with van der Waals surface area (Å²) in [5.41, 5.74) is 0.440. The largest absolute Gasteiger partial charge is 0.460 e. The van der Waals surface area contributed by atoms with Gasteiger partial charge in [0.15, 0.2) is 0 Å². The van der Waals surface area contributed by atoms with Crippen LogP contribution in [0.2, 0.25) is 0 Å². The lowest BCUT2D eigenvalue weighted by molar-refractivity contribution is -0.139. The van der Waals surface area contributed by atoms with Crippen molar-refractivity contribution in [3.05, 3.63) is 24.3 Å². The Morgan fingerprint density at radius 2 is 2.13 bits per heavy atom. The van der Waals surface area contributed by atoms with Crippen LogP contribution < -0.4 is 5.32 Å². The molecule has 0 rings (SSSR count). The molecule has 0 aromatic rings. The average molecular weight is 211 g/mol. The SMILES string of the molecule is C=C(CC)C(=O)OCCNC(=O)C=CC. The first-order valence-corrected chi connectivity index (χ1v) is 4.87. The van der Waals surface area contributed by atoms with Crippen LogP contribution in [0.3, 0.4) is 0 Å². The number of carbonyl (C=O) groups excluding carboxylic acids is 2. The summed E-state index contributed by atoms with van der Waals surface area (Å²) in [7, 11) is 0. The van der Waals surface area contributed by atoms with Crippen LogP contribution in [-0.4, -0.2) is 25.0 Å². The zero-order chi connectivity index (χ0) is 11.7. The summed E-state index contributed by atoms with van der Waals surface area (Å²) in [6.07, 6.45) is 3.62. The van der Waals surface area contributed by atoms with Crippen molar-refractivity contribution in [1.82, 2.24) is 5.32 Å². The molecule has 0 aromatic carbocycles. The van der Waals surface area contributed by atoms with Gasteiger partial charge in [-0.3, -0.25) is 4.79 Å². The van der Waals surface area contributed by atoms with E-state index in [1.54, 1.807) is 13.0 Å². The van der Waals surface area contributed by atoms with Gasteiger partial charge in [0.2, 0.25) is 5.91 Å². The number of rotatable bonds is 6. The van der Waals surface area contributed by atoms with Gasteiger partial charge in [-0.1, -0.05) is 19.6 Å². The van der Waals surface area contributed by atoms with Gasteiger partial charge in [-0.25, -0.2) is 4.79 Å². The number of hydrogen-bond acceptors (Lipinski definition) is 3. The maximum Gasteiger partial charge on any atom is 0.333 e. The zero-order valence-corrected chi connectivity index (χ0v) is 9.21. The standard InChI is InChI=1S/C11H17NO3/c1-4-6-10(13)12-7-8-15-11(14)9(3)5-2/h4,6H,3,5,7-8H2,1-2H3,(H,12,13). The lowest BCUT2D eigenvalue weighted by atomic mass is 10.2. The van der Waals surface area contributed by atoms with Crippen LogP contribution in [0.15, 0.2) is 24.3 Å². The Bertz CT molecular complexity index is 269. The molecule has 0 spiro atoms. The number of amides is 1. The fourth-order valence-corrected chi connectivity index (χ4v) is 0.775. The summed E-state index contributed by atoms with van der Waals surface area (Å²) in [6, 6.07) is 0. The number of esters is 1. The minimum atomic E-state index is -0.405. The van der Waals surface area contributed by atoms with Crippen molar-refractivity contribution >= 4 is 11.9 Å². The van der Waals surface area contributed by atoms with E-state index in [1.807, 2.05) is 6.92 Å². The molecule has 1 N–H and O–H groups in total. The molecule has 0 atom stereocenters. The second-order valence-electron chi connectivity index (χ2n) is 2.88. The number of allylic oxidation sites excluding steroid dienone is 1. The fourth-order valence-electron chi connectivity index (χ4n) is 0.775. The van der Waals surface area contributed by atoms with Crippen molar-refractivity contribution in [2.75, 3.05) is 13.2 Å². The van der Waals surface area contributed by atoms with Crippen molar-refractivity contribution < 1.29 is 14.3 Å². The summed E-state index contributed by atoms with van der Waals surface area (Å²) in [4.78, 5) is 22.0. The summed E-state index contributed by atoms with van der Waals surface area (Å²) < 4.78 is 4.85. The van der Waals surface area contributed by atoms with Gasteiger partial charge < -0.3 is 10.1 Å². The van der Waals surface area contributed by atoms with Gasteiger partial charge in [0.25, 0.3) is 0 Å². The number of carbonyl (C=O) groups is 2. The molecular formula is C11H17NO3. The van der Waals surface area contributed by atoms with Gasteiger partial charge in [-0.05, 0) is 19.4 Å². The summed E-state index contributed by atoms with van der Waals surface area (Å²) >= 11 is 0. The molecule has 0 aliphatic rings. The van der Waals surface area contributed by atoms with E-state index in [0.29, 0.717) is 18.5 Å². The van der Waals surface area contributed by atoms with E-state index >= 15 is 0 Å². The van der Waals surface area contributed by atoms with E-state index < -0.39 is 5.97 Å². The Morgan fingerprint density at radius 3 is 2.67 bits per heavy atom. The molecule has 0 saturated heterocycles. The molecule has 0 radical (unpaired) electrons. The van der Waals surface area contributed by atoms with Crippen LogP contribution in [0.5, 0.6) is 0 Å². The van der Waals surface area contributed by atoms with Crippen LogP contribution in [0, 0.1) is 0 Å². The third-order valence-electron chi connectivity index (χ3n) is 1.67. The third-order valence-corrected chi connectivity index (χ3v) is 1.67. The molecule has 4 heteroatoms. The molecule has 0 fully saturated rings. The lowest BCUT2D eigenvalue weighted by Gasteiger charge is -2.05. The Hall–Kier alpha value is -1.58. The quantitative estimate of drug-likeness (QED) is 0.408. The topological polar surface area (TPSA) is 55.4 Å². The summed E-state index contributed by atoms with van der Waals surface area (Å²) in [6.45, 7) is 7.61. The normalized spacial score (nSPS) is 10.0. The van der Waals surface area contributed by atoms with E-state index in [-0.39, 0.29) is 12.5 Å². The van der Waals surface area contributed by atoms with Crippen molar-refractivity contribution in [3.63, 3.8) is 0 Å². The van der Waals surface area contributed by atoms with E-state index in [1.165, 1.54) is 6.08 Å². The van der Waals surface area contributed by atoms with E-state index in [9.17, 15) is 9.59 Å². The molecule has 0 aliphatic heterocycles. The molecule has 0 unspecified atom stereocenters. The Balaban J connectivity index is 3.59. The van der Waals surface area contributed by atoms with Crippen LogP contribution in [0.25, 0.3) is 0 Å².